The molecular weight excluding hydrogens is 258 g/mol. The maximum absolute atomic E-state index is 10.6. The summed E-state index contributed by atoms with van der Waals surface area (Å²) in [4.78, 5) is 22.5. The molecule has 0 bridgehead atoms. The van der Waals surface area contributed by atoms with Crippen molar-refractivity contribution < 1.29 is 19.8 Å². The highest BCUT2D eigenvalue weighted by Gasteiger charge is 2.08. The first-order valence-electron chi connectivity index (χ1n) is 6.63. The fourth-order valence-corrected chi connectivity index (χ4v) is 1.98. The van der Waals surface area contributed by atoms with Crippen LogP contribution >= 0.6 is 0 Å². The van der Waals surface area contributed by atoms with E-state index < -0.39 is 25.0 Å². The highest BCUT2D eigenvalue weighted by molar-refractivity contribution is 5.70. The molecule has 0 N–H and O–H groups in total. The van der Waals surface area contributed by atoms with Crippen LogP contribution in [0.4, 0.5) is 0 Å². The normalized spacial score (nSPS) is 12.3. The van der Waals surface area contributed by atoms with Gasteiger partial charge in [0.25, 0.3) is 0 Å². The smallest absolute Gasteiger partial charge is 0.0555 e. The van der Waals surface area contributed by atoms with Crippen molar-refractivity contribution in [2.24, 2.45) is 0 Å². The Morgan fingerprint density at radius 3 is 2.00 bits per heavy atom. The van der Waals surface area contributed by atoms with Gasteiger partial charge in [0.1, 0.15) is 0 Å². The van der Waals surface area contributed by atoms with Crippen LogP contribution in [0.15, 0.2) is 24.3 Å². The van der Waals surface area contributed by atoms with Gasteiger partial charge in [-0.05, 0) is 23.5 Å². The van der Waals surface area contributed by atoms with Crippen molar-refractivity contribution in [3.8, 4) is 0 Å². The van der Waals surface area contributed by atoms with Crippen molar-refractivity contribution >= 4 is 11.9 Å². The average Bonchev–Trinajstić information content (AvgIpc) is 2.37. The monoisotopic (exact) mass is 277 g/mol. The van der Waals surface area contributed by atoms with Crippen LogP contribution in [0, 0.1) is 0 Å². The van der Waals surface area contributed by atoms with E-state index in [-0.39, 0.29) is 6.54 Å². The van der Waals surface area contributed by atoms with Gasteiger partial charge in [-0.25, -0.2) is 0 Å². The van der Waals surface area contributed by atoms with Crippen molar-refractivity contribution in [2.75, 3.05) is 13.1 Å². The van der Waals surface area contributed by atoms with E-state index in [0.29, 0.717) is 5.92 Å². The third-order valence-electron chi connectivity index (χ3n) is 3.27. The molecule has 0 saturated heterocycles. The number of carbonyl (C=O) groups is 2. The quantitative estimate of drug-likeness (QED) is 0.640. The van der Waals surface area contributed by atoms with Crippen molar-refractivity contribution in [3.05, 3.63) is 35.4 Å². The van der Waals surface area contributed by atoms with E-state index in [1.807, 2.05) is 24.3 Å². The lowest BCUT2D eigenvalue weighted by molar-refractivity contribution is -0.310. The molecule has 0 radical (unpaired) electrons. The van der Waals surface area contributed by atoms with Crippen LogP contribution in [-0.2, 0) is 16.1 Å². The Labute approximate surface area is 118 Å². The van der Waals surface area contributed by atoms with Crippen molar-refractivity contribution in [1.82, 2.24) is 4.90 Å². The van der Waals surface area contributed by atoms with Crippen molar-refractivity contribution in [1.29, 1.82) is 0 Å². The van der Waals surface area contributed by atoms with E-state index in [1.54, 1.807) is 0 Å². The molecule has 1 aromatic carbocycles. The minimum atomic E-state index is -1.30. The molecule has 1 atom stereocenters. The first-order valence-corrected chi connectivity index (χ1v) is 6.63. The first kappa shape index (κ1) is 16.2. The highest BCUT2D eigenvalue weighted by Crippen LogP contribution is 2.19. The van der Waals surface area contributed by atoms with Gasteiger partial charge in [0.15, 0.2) is 0 Å². The van der Waals surface area contributed by atoms with Gasteiger partial charge in [-0.1, -0.05) is 38.1 Å². The van der Waals surface area contributed by atoms with E-state index in [0.717, 1.165) is 12.0 Å². The molecule has 0 aromatic heterocycles. The third-order valence-corrected chi connectivity index (χ3v) is 3.27. The maximum atomic E-state index is 10.6. The lowest BCUT2D eigenvalue weighted by atomic mass is 9.97. The number of carboxylic acids is 2. The summed E-state index contributed by atoms with van der Waals surface area (Å²) in [6.07, 6.45) is 1.04. The molecule has 1 aromatic rings. The largest absolute Gasteiger partial charge is 0.549 e. The number of aliphatic carboxylic acids is 2. The van der Waals surface area contributed by atoms with Crippen LogP contribution in [0.5, 0.6) is 0 Å². The number of hydrogen-bond acceptors (Lipinski definition) is 5. The van der Waals surface area contributed by atoms with E-state index in [4.69, 9.17) is 0 Å². The van der Waals surface area contributed by atoms with E-state index in [1.165, 1.54) is 10.5 Å². The summed E-state index contributed by atoms with van der Waals surface area (Å²) >= 11 is 0. The predicted molar refractivity (Wildman–Crippen MR) is 70.4 cm³/mol. The Morgan fingerprint density at radius 1 is 1.10 bits per heavy atom. The molecule has 0 aliphatic heterocycles. The molecule has 5 heteroatoms. The van der Waals surface area contributed by atoms with E-state index in [2.05, 4.69) is 13.8 Å². The molecule has 0 saturated carbocycles. The zero-order chi connectivity index (χ0) is 15.1. The predicted octanol–water partition coefficient (Wildman–Crippen LogP) is -0.498. The molecule has 110 valence electrons. The van der Waals surface area contributed by atoms with Crippen molar-refractivity contribution in [2.45, 2.75) is 32.7 Å². The minimum absolute atomic E-state index is 0.239. The Balaban J connectivity index is 2.72. The first-order chi connectivity index (χ1) is 9.42. The minimum Gasteiger partial charge on any atom is -0.549 e. The topological polar surface area (TPSA) is 83.5 Å². The van der Waals surface area contributed by atoms with Gasteiger partial charge in [-0.15, -0.1) is 0 Å². The maximum Gasteiger partial charge on any atom is 0.0555 e. The fourth-order valence-electron chi connectivity index (χ4n) is 1.98. The Bertz CT molecular complexity index is 439. The summed E-state index contributed by atoms with van der Waals surface area (Å²) in [5, 5.41) is 21.2. The molecule has 0 fully saturated rings. The lowest BCUT2D eigenvalue weighted by Gasteiger charge is -2.23. The third kappa shape index (κ3) is 5.40. The number of carbonyl (C=O) groups excluding carboxylic acids is 2. The van der Waals surface area contributed by atoms with Crippen LogP contribution in [0.1, 0.15) is 37.3 Å². The number of hydrogen-bond donors (Lipinski definition) is 0. The van der Waals surface area contributed by atoms with Crippen molar-refractivity contribution in [3.63, 3.8) is 0 Å². The van der Waals surface area contributed by atoms with Gasteiger partial charge in [0, 0.05) is 19.6 Å². The molecule has 1 unspecified atom stereocenters. The summed E-state index contributed by atoms with van der Waals surface area (Å²) in [6, 6.07) is 7.75. The standard InChI is InChI=1S/C15H21NO4/c1-3-11(2)13-6-4-12(5-7-13)8-16(9-14(17)18)10-15(19)20/h4-7,11H,3,8-10H2,1-2H3,(H,17,18)(H,19,20)/p-2. The summed E-state index contributed by atoms with van der Waals surface area (Å²) in [7, 11) is 0. The average molecular weight is 277 g/mol. The van der Waals surface area contributed by atoms with Gasteiger partial charge in [-0.3, -0.25) is 4.90 Å². The second-order valence-electron chi connectivity index (χ2n) is 4.94. The zero-order valence-electron chi connectivity index (χ0n) is 11.8. The van der Waals surface area contributed by atoms with Crippen LogP contribution < -0.4 is 10.2 Å². The van der Waals surface area contributed by atoms with E-state index >= 15 is 0 Å². The van der Waals surface area contributed by atoms with Gasteiger partial charge in [0.2, 0.25) is 0 Å². The fraction of sp³-hybridized carbons (Fsp3) is 0.467. The van der Waals surface area contributed by atoms with Crippen LogP contribution in [-0.4, -0.2) is 29.9 Å². The highest BCUT2D eigenvalue weighted by atomic mass is 16.4. The van der Waals surface area contributed by atoms with Gasteiger partial charge < -0.3 is 19.8 Å². The van der Waals surface area contributed by atoms with Crippen LogP contribution in [0.3, 0.4) is 0 Å². The molecule has 0 amide bonds. The summed E-state index contributed by atoms with van der Waals surface area (Å²) in [5.41, 5.74) is 2.07. The second-order valence-corrected chi connectivity index (χ2v) is 4.94. The molecule has 0 aliphatic rings. The number of benzene rings is 1. The van der Waals surface area contributed by atoms with Gasteiger partial charge >= 0.3 is 0 Å². The molecule has 20 heavy (non-hydrogen) atoms. The number of nitrogens with zero attached hydrogens (tertiary/aromatic N) is 1. The zero-order valence-corrected chi connectivity index (χ0v) is 11.8. The Kier molecular flexibility index (Phi) is 6.18. The summed E-state index contributed by atoms with van der Waals surface area (Å²) < 4.78 is 0. The van der Waals surface area contributed by atoms with Crippen LogP contribution in [0.25, 0.3) is 0 Å². The molecule has 0 spiro atoms. The lowest BCUT2D eigenvalue weighted by Crippen LogP contribution is -2.43. The number of carboxylic acid groups (broad SMARTS) is 2. The van der Waals surface area contributed by atoms with Crippen LogP contribution in [0.2, 0.25) is 0 Å². The SMILES string of the molecule is CCC(C)c1ccc(CN(CC(=O)[O-])CC(=O)[O-])cc1. The molecule has 0 heterocycles. The molecule has 1 rings (SSSR count). The molecule has 5 nitrogen and oxygen atoms in total. The van der Waals surface area contributed by atoms with Gasteiger partial charge in [0.05, 0.1) is 11.9 Å². The molecular formula is C15H19NO4-2. The summed E-state index contributed by atoms with van der Waals surface area (Å²) in [5.74, 6) is -2.14. The molecule has 0 aliphatic carbocycles. The van der Waals surface area contributed by atoms with Gasteiger partial charge in [-0.2, -0.15) is 0 Å². The Hall–Kier alpha value is -1.88. The van der Waals surface area contributed by atoms with E-state index in [9.17, 15) is 19.8 Å². The Morgan fingerprint density at radius 2 is 1.60 bits per heavy atom. The summed E-state index contributed by atoms with van der Waals surface area (Å²) in [6.45, 7) is 3.62. The number of rotatable bonds is 8. The second kappa shape index (κ2) is 7.65.